The summed E-state index contributed by atoms with van der Waals surface area (Å²) in [6.45, 7) is 11.1. The van der Waals surface area contributed by atoms with E-state index < -0.39 is 0 Å². The van der Waals surface area contributed by atoms with Crippen molar-refractivity contribution >= 4 is 50.5 Å². The van der Waals surface area contributed by atoms with Gasteiger partial charge in [0.15, 0.2) is 0 Å². The van der Waals surface area contributed by atoms with E-state index in [0.29, 0.717) is 0 Å². The highest BCUT2D eigenvalue weighted by Crippen LogP contribution is 2.51. The average Bonchev–Trinajstić information content (AvgIpc) is 3.67. The number of benzene rings is 5. The van der Waals surface area contributed by atoms with Gasteiger partial charge in [-0.1, -0.05) is 89.2 Å². The summed E-state index contributed by atoms with van der Waals surface area (Å²) in [6, 6.07) is 33.4. The topological polar surface area (TPSA) is 31.9 Å². The molecule has 206 valence electrons. The van der Waals surface area contributed by atoms with Crippen molar-refractivity contribution in [2.75, 3.05) is 0 Å². The Morgan fingerprint density at radius 2 is 1.49 bits per heavy atom. The Kier molecular flexibility index (Phi) is 3.99. The second-order valence-electron chi connectivity index (χ2n) is 14.2. The van der Waals surface area contributed by atoms with Crippen LogP contribution >= 0.6 is 0 Å². The minimum atomic E-state index is -0.172. The Hall–Kier alpha value is -4.77. The van der Waals surface area contributed by atoms with E-state index in [9.17, 15) is 4.79 Å². The van der Waals surface area contributed by atoms with Crippen LogP contribution in [0.5, 0.6) is 0 Å². The molecular weight excluding hydrogens is 525 g/mol. The third-order valence-corrected chi connectivity index (χ3v) is 10.6. The van der Waals surface area contributed by atoms with Gasteiger partial charge in [-0.2, -0.15) is 0 Å². The smallest absolute Gasteiger partial charge is 0.310 e. The molecule has 0 atom stereocenters. The highest BCUT2D eigenvalue weighted by Gasteiger charge is 2.45. The van der Waals surface area contributed by atoms with Gasteiger partial charge in [-0.3, -0.25) is 14.1 Å². The summed E-state index contributed by atoms with van der Waals surface area (Å²) in [7, 11) is 0. The highest BCUT2D eigenvalue weighted by atomic mass is 16.1. The number of nitrogens with zero attached hydrogens (tertiary/aromatic N) is 3. The van der Waals surface area contributed by atoms with Gasteiger partial charge < -0.3 is 4.57 Å². The van der Waals surface area contributed by atoms with Crippen molar-refractivity contribution in [2.24, 2.45) is 0 Å². The third-order valence-electron chi connectivity index (χ3n) is 10.6. The second kappa shape index (κ2) is 7.23. The van der Waals surface area contributed by atoms with E-state index >= 15 is 0 Å². The first-order chi connectivity index (χ1) is 20.7. The Bertz CT molecular complexity index is 2500. The fourth-order valence-electron chi connectivity index (χ4n) is 8.52. The van der Waals surface area contributed by atoms with Crippen LogP contribution in [0.2, 0.25) is 0 Å². The minimum Gasteiger partial charge on any atom is -0.310 e. The molecule has 4 nitrogen and oxygen atoms in total. The summed E-state index contributed by atoms with van der Waals surface area (Å²) in [5.41, 5.74) is 14.7. The van der Waals surface area contributed by atoms with Crippen LogP contribution in [-0.4, -0.2) is 20.7 Å². The van der Waals surface area contributed by atoms with Crippen LogP contribution in [0, 0.1) is 0 Å². The molecule has 0 N–H and O–H groups in total. The van der Waals surface area contributed by atoms with Gasteiger partial charge in [0.2, 0.25) is 0 Å². The molecule has 3 aliphatic rings. The van der Waals surface area contributed by atoms with Crippen LogP contribution in [0.1, 0.15) is 51.3 Å². The molecule has 43 heavy (non-hydrogen) atoms. The predicted octanol–water partition coefficient (Wildman–Crippen LogP) is 6.77. The minimum absolute atomic E-state index is 0.0323. The van der Waals surface area contributed by atoms with Gasteiger partial charge in [-0.25, -0.2) is 0 Å². The molecule has 0 radical (unpaired) electrons. The normalized spacial score (nSPS) is 15.3. The maximum Gasteiger partial charge on any atom is 0.357 e. The van der Waals surface area contributed by atoms with Gasteiger partial charge in [0.25, 0.3) is 5.56 Å². The number of hydrogen-bond acceptors (Lipinski definition) is 1. The molecule has 0 amide bonds. The quantitative estimate of drug-likeness (QED) is 0.190. The summed E-state index contributed by atoms with van der Waals surface area (Å²) in [4.78, 5) is 14.3. The highest BCUT2D eigenvalue weighted by molar-refractivity contribution is 6.88. The fourth-order valence-corrected chi connectivity index (χ4v) is 8.52. The SMILES string of the molecule is CC(C)(C)c1ccc2c(c1)c(=O)n1n2-c2ccc3c4cc5c(cc4n4c3c2B1c1ccccc1-4)C(C)(C)c1ccccc1-5. The molecular formula is C38H30BN3O. The van der Waals surface area contributed by atoms with Gasteiger partial charge in [-0.15, -0.1) is 0 Å². The van der Waals surface area contributed by atoms with E-state index in [1.807, 2.05) is 4.59 Å². The zero-order valence-corrected chi connectivity index (χ0v) is 25.0. The van der Waals surface area contributed by atoms with Crippen molar-refractivity contribution in [3.8, 4) is 22.5 Å². The molecule has 0 saturated heterocycles. The van der Waals surface area contributed by atoms with Gasteiger partial charge in [0, 0.05) is 27.3 Å². The fraction of sp³-hybridized carbons (Fsp3) is 0.184. The lowest BCUT2D eigenvalue weighted by molar-refractivity contribution is 0.591. The lowest BCUT2D eigenvalue weighted by Crippen LogP contribution is -2.53. The second-order valence-corrected chi connectivity index (χ2v) is 14.2. The van der Waals surface area contributed by atoms with Gasteiger partial charge in [-0.05, 0) is 75.1 Å². The Morgan fingerprint density at radius 1 is 0.698 bits per heavy atom. The van der Waals surface area contributed by atoms with E-state index in [2.05, 4.69) is 135 Å². The Balaban J connectivity index is 1.36. The number of aromatic nitrogens is 3. The molecule has 0 fully saturated rings. The number of fused-ring (bicyclic) bond motifs is 14. The van der Waals surface area contributed by atoms with E-state index in [4.69, 9.17) is 0 Å². The van der Waals surface area contributed by atoms with Gasteiger partial charge in [0.1, 0.15) is 0 Å². The maximum absolute atomic E-state index is 14.3. The van der Waals surface area contributed by atoms with Crippen molar-refractivity contribution in [3.63, 3.8) is 0 Å². The van der Waals surface area contributed by atoms with Crippen LogP contribution in [0.3, 0.4) is 0 Å². The molecule has 2 aliphatic heterocycles. The summed E-state index contributed by atoms with van der Waals surface area (Å²) in [5, 5.41) is 3.30. The Morgan fingerprint density at radius 3 is 2.33 bits per heavy atom. The standard InChI is InChI=1S/C38H30BN3O/c1-37(2,3)21-14-16-30-26(18-21)36(43)42-39-29-12-8-9-13-31(29)40-33-20-28-24(22-10-6-7-11-27(22)38(28,4)5)19-25(33)23-15-17-32(41(30)42)34(39)35(23)40/h6-20H,1-5H3. The van der Waals surface area contributed by atoms with E-state index in [1.165, 1.54) is 60.5 Å². The van der Waals surface area contributed by atoms with Crippen molar-refractivity contribution in [1.29, 1.82) is 0 Å². The van der Waals surface area contributed by atoms with E-state index in [1.54, 1.807) is 0 Å². The summed E-state index contributed by atoms with van der Waals surface area (Å²) >= 11 is 0. The first kappa shape index (κ1) is 23.8. The molecule has 1 aliphatic carbocycles. The predicted molar refractivity (Wildman–Crippen MR) is 179 cm³/mol. The average molecular weight is 555 g/mol. The van der Waals surface area contributed by atoms with Crippen molar-refractivity contribution in [1.82, 2.24) is 13.8 Å². The third kappa shape index (κ3) is 2.60. The molecule has 4 heterocycles. The molecule has 5 heteroatoms. The largest absolute Gasteiger partial charge is 0.357 e. The molecule has 10 rings (SSSR count). The van der Waals surface area contributed by atoms with Crippen LogP contribution in [0.4, 0.5) is 0 Å². The zero-order chi connectivity index (χ0) is 29.2. The lowest BCUT2D eigenvalue weighted by atomic mass is 9.49. The maximum atomic E-state index is 14.3. The number of hydrogen-bond donors (Lipinski definition) is 0. The molecule has 0 spiro atoms. The van der Waals surface area contributed by atoms with E-state index in [-0.39, 0.29) is 23.2 Å². The monoisotopic (exact) mass is 555 g/mol. The summed E-state index contributed by atoms with van der Waals surface area (Å²) in [5.74, 6) is 0. The number of rotatable bonds is 0. The van der Waals surface area contributed by atoms with E-state index in [0.717, 1.165) is 22.3 Å². The van der Waals surface area contributed by atoms with Crippen molar-refractivity contribution in [2.45, 2.75) is 45.4 Å². The molecule has 0 bridgehead atoms. The summed E-state index contributed by atoms with van der Waals surface area (Å²) < 4.78 is 6.68. The zero-order valence-electron chi connectivity index (χ0n) is 25.0. The molecule has 7 aromatic rings. The Labute approximate surface area is 249 Å². The van der Waals surface area contributed by atoms with Gasteiger partial charge in [0.05, 0.1) is 27.6 Å². The number of para-hydroxylation sites is 1. The van der Waals surface area contributed by atoms with Crippen molar-refractivity contribution in [3.05, 3.63) is 118 Å². The van der Waals surface area contributed by atoms with Crippen LogP contribution in [0.25, 0.3) is 55.2 Å². The molecule has 0 saturated carbocycles. The summed E-state index contributed by atoms with van der Waals surface area (Å²) in [6.07, 6.45) is 0. The van der Waals surface area contributed by atoms with Crippen LogP contribution < -0.4 is 16.5 Å². The lowest BCUT2D eigenvalue weighted by Gasteiger charge is -2.24. The molecule has 5 aromatic carbocycles. The van der Waals surface area contributed by atoms with Crippen LogP contribution in [-0.2, 0) is 10.8 Å². The van der Waals surface area contributed by atoms with Crippen molar-refractivity contribution < 1.29 is 0 Å². The van der Waals surface area contributed by atoms with Crippen LogP contribution in [0.15, 0.2) is 95.8 Å². The first-order valence-electron chi connectivity index (χ1n) is 15.3. The van der Waals surface area contributed by atoms with Gasteiger partial charge >= 0.3 is 6.85 Å². The first-order valence-corrected chi connectivity index (χ1v) is 15.3. The molecule has 0 unspecified atom stereocenters. The molecule has 2 aromatic heterocycles.